The molecule has 3 nitrogen and oxygen atoms in total. The number of hydrogen-bond acceptors (Lipinski definition) is 3. The van der Waals surface area contributed by atoms with Crippen LogP contribution in [0.2, 0.25) is 0 Å². The third-order valence-corrected chi connectivity index (χ3v) is 5.78. The third-order valence-electron chi connectivity index (χ3n) is 5.78. The molecule has 3 heteroatoms. The molecule has 5 unspecified atom stereocenters. The molecule has 2 aliphatic rings. The molecule has 0 bridgehead atoms. The van der Waals surface area contributed by atoms with E-state index in [1.54, 1.807) is 0 Å². The lowest BCUT2D eigenvalue weighted by Crippen LogP contribution is -2.61. The number of hydrogen-bond donors (Lipinski definition) is 1. The van der Waals surface area contributed by atoms with Crippen molar-refractivity contribution in [3.63, 3.8) is 0 Å². The van der Waals surface area contributed by atoms with Crippen molar-refractivity contribution in [3.8, 4) is 0 Å². The number of nitrogens with one attached hydrogen (secondary N) is 1. The van der Waals surface area contributed by atoms with Crippen molar-refractivity contribution in [3.05, 3.63) is 0 Å². The molecule has 118 valence electrons. The zero-order valence-corrected chi connectivity index (χ0v) is 14.2. The average molecular weight is 281 g/mol. The zero-order valence-electron chi connectivity index (χ0n) is 14.2. The number of likely N-dealkylation sites (N-methyl/N-ethyl adjacent to an activating group) is 1. The number of piperazine rings is 1. The van der Waals surface area contributed by atoms with Gasteiger partial charge in [-0.15, -0.1) is 0 Å². The van der Waals surface area contributed by atoms with Crippen LogP contribution in [-0.2, 0) is 0 Å². The highest BCUT2D eigenvalue weighted by atomic mass is 15.3. The van der Waals surface area contributed by atoms with Crippen LogP contribution < -0.4 is 5.32 Å². The van der Waals surface area contributed by atoms with E-state index in [0.717, 1.165) is 23.9 Å². The predicted molar refractivity (Wildman–Crippen MR) is 87.1 cm³/mol. The zero-order chi connectivity index (χ0) is 14.7. The molecule has 2 rings (SSSR count). The Hall–Kier alpha value is -0.120. The molecule has 1 aliphatic carbocycles. The van der Waals surface area contributed by atoms with Gasteiger partial charge in [-0.2, -0.15) is 0 Å². The number of rotatable bonds is 4. The average Bonchev–Trinajstić information content (AvgIpc) is 2.46. The van der Waals surface area contributed by atoms with E-state index in [1.807, 2.05) is 0 Å². The van der Waals surface area contributed by atoms with Gasteiger partial charge in [-0.05, 0) is 45.1 Å². The van der Waals surface area contributed by atoms with Gasteiger partial charge in [0.15, 0.2) is 0 Å². The molecule has 0 amide bonds. The van der Waals surface area contributed by atoms with Gasteiger partial charge in [0.1, 0.15) is 0 Å². The maximum Gasteiger partial charge on any atom is 0.0276 e. The molecular weight excluding hydrogens is 246 g/mol. The minimum atomic E-state index is 0.684. The predicted octanol–water partition coefficient (Wildman–Crippen LogP) is 2.43. The van der Waals surface area contributed by atoms with Gasteiger partial charge >= 0.3 is 0 Å². The first-order valence-corrected chi connectivity index (χ1v) is 8.72. The molecule has 1 saturated heterocycles. The Morgan fingerprint density at radius 1 is 1.10 bits per heavy atom. The monoisotopic (exact) mass is 281 g/mol. The second kappa shape index (κ2) is 7.24. The summed E-state index contributed by atoms with van der Waals surface area (Å²) in [4.78, 5) is 5.44. The Kier molecular flexibility index (Phi) is 5.88. The van der Waals surface area contributed by atoms with Crippen LogP contribution in [0, 0.1) is 11.8 Å². The van der Waals surface area contributed by atoms with Crippen molar-refractivity contribution in [2.24, 2.45) is 11.8 Å². The molecule has 1 N–H and O–H groups in total. The van der Waals surface area contributed by atoms with Crippen molar-refractivity contribution in [1.82, 2.24) is 15.1 Å². The van der Waals surface area contributed by atoms with Crippen LogP contribution in [0.1, 0.15) is 47.0 Å². The standard InChI is InChI=1S/C17H35N3/c1-6-15(4)19-7-9-20(10-8-19)17-14(3)11-13(2)12-16(17)18-5/h13-18H,6-12H2,1-5H3. The van der Waals surface area contributed by atoms with Crippen LogP contribution in [0.5, 0.6) is 0 Å². The lowest BCUT2D eigenvalue weighted by molar-refractivity contribution is 0.0156. The van der Waals surface area contributed by atoms with Gasteiger partial charge in [0.25, 0.3) is 0 Å². The van der Waals surface area contributed by atoms with E-state index in [1.165, 1.54) is 45.4 Å². The molecule has 1 heterocycles. The summed E-state index contributed by atoms with van der Waals surface area (Å²) in [5.74, 6) is 1.70. The van der Waals surface area contributed by atoms with Crippen molar-refractivity contribution < 1.29 is 0 Å². The maximum absolute atomic E-state index is 3.60. The smallest absolute Gasteiger partial charge is 0.0276 e. The summed E-state index contributed by atoms with van der Waals surface area (Å²) >= 11 is 0. The van der Waals surface area contributed by atoms with E-state index in [4.69, 9.17) is 0 Å². The second-order valence-corrected chi connectivity index (χ2v) is 7.27. The van der Waals surface area contributed by atoms with Gasteiger partial charge in [-0.25, -0.2) is 0 Å². The Balaban J connectivity index is 1.94. The summed E-state index contributed by atoms with van der Waals surface area (Å²) in [6, 6.07) is 2.18. The first kappa shape index (κ1) is 16.3. The van der Waals surface area contributed by atoms with Crippen molar-refractivity contribution in [2.75, 3.05) is 33.2 Å². The second-order valence-electron chi connectivity index (χ2n) is 7.27. The third kappa shape index (κ3) is 3.55. The Bertz CT molecular complexity index is 286. The highest BCUT2D eigenvalue weighted by Crippen LogP contribution is 2.32. The summed E-state index contributed by atoms with van der Waals surface area (Å²) in [5, 5.41) is 3.60. The fraction of sp³-hybridized carbons (Fsp3) is 1.00. The van der Waals surface area contributed by atoms with E-state index in [9.17, 15) is 0 Å². The summed E-state index contributed by atoms with van der Waals surface area (Å²) in [7, 11) is 2.15. The molecular formula is C17H35N3. The fourth-order valence-corrected chi connectivity index (χ4v) is 4.48. The van der Waals surface area contributed by atoms with E-state index in [-0.39, 0.29) is 0 Å². The molecule has 1 saturated carbocycles. The maximum atomic E-state index is 3.60. The molecule has 2 fully saturated rings. The lowest BCUT2D eigenvalue weighted by Gasteiger charge is -2.49. The first-order chi connectivity index (χ1) is 9.56. The molecule has 0 aromatic rings. The van der Waals surface area contributed by atoms with Crippen LogP contribution >= 0.6 is 0 Å². The van der Waals surface area contributed by atoms with E-state index in [2.05, 4.69) is 49.9 Å². The Morgan fingerprint density at radius 2 is 1.75 bits per heavy atom. The Labute approximate surface area is 126 Å². The summed E-state index contributed by atoms with van der Waals surface area (Å²) in [6.07, 6.45) is 4.02. The summed E-state index contributed by atoms with van der Waals surface area (Å²) in [6.45, 7) is 14.6. The Morgan fingerprint density at radius 3 is 2.30 bits per heavy atom. The van der Waals surface area contributed by atoms with Crippen LogP contribution in [0.15, 0.2) is 0 Å². The molecule has 5 atom stereocenters. The van der Waals surface area contributed by atoms with Crippen molar-refractivity contribution in [1.29, 1.82) is 0 Å². The van der Waals surface area contributed by atoms with Crippen LogP contribution in [0.25, 0.3) is 0 Å². The molecule has 0 aromatic heterocycles. The normalized spacial score (nSPS) is 38.9. The molecule has 0 spiro atoms. The van der Waals surface area contributed by atoms with Crippen LogP contribution in [0.3, 0.4) is 0 Å². The fourth-order valence-electron chi connectivity index (χ4n) is 4.48. The highest BCUT2D eigenvalue weighted by molar-refractivity contribution is 4.95. The van der Waals surface area contributed by atoms with Gasteiger partial charge in [0, 0.05) is 44.3 Å². The van der Waals surface area contributed by atoms with Gasteiger partial charge in [-0.3, -0.25) is 9.80 Å². The van der Waals surface area contributed by atoms with Gasteiger partial charge in [0.2, 0.25) is 0 Å². The van der Waals surface area contributed by atoms with Gasteiger partial charge < -0.3 is 5.32 Å². The molecule has 1 aliphatic heterocycles. The minimum absolute atomic E-state index is 0.684. The van der Waals surface area contributed by atoms with E-state index in [0.29, 0.717) is 6.04 Å². The first-order valence-electron chi connectivity index (χ1n) is 8.72. The summed E-state index contributed by atoms with van der Waals surface area (Å²) < 4.78 is 0. The van der Waals surface area contributed by atoms with E-state index < -0.39 is 0 Å². The number of nitrogens with zero attached hydrogens (tertiary/aromatic N) is 2. The SMILES string of the molecule is CCC(C)N1CCN(C2C(C)CC(C)CC2NC)CC1. The highest BCUT2D eigenvalue weighted by Gasteiger charge is 2.38. The molecule has 0 aromatic carbocycles. The quantitative estimate of drug-likeness (QED) is 0.854. The van der Waals surface area contributed by atoms with Crippen LogP contribution in [-0.4, -0.2) is 61.2 Å². The van der Waals surface area contributed by atoms with Crippen molar-refractivity contribution >= 4 is 0 Å². The van der Waals surface area contributed by atoms with E-state index >= 15 is 0 Å². The molecule has 0 radical (unpaired) electrons. The van der Waals surface area contributed by atoms with Gasteiger partial charge in [-0.1, -0.05) is 20.8 Å². The lowest BCUT2D eigenvalue weighted by atomic mass is 9.75. The largest absolute Gasteiger partial charge is 0.315 e. The minimum Gasteiger partial charge on any atom is -0.315 e. The van der Waals surface area contributed by atoms with Crippen molar-refractivity contribution in [2.45, 2.75) is 65.1 Å². The molecule has 20 heavy (non-hydrogen) atoms. The summed E-state index contributed by atoms with van der Waals surface area (Å²) in [5.41, 5.74) is 0. The topological polar surface area (TPSA) is 18.5 Å². The van der Waals surface area contributed by atoms with Gasteiger partial charge in [0.05, 0.1) is 0 Å². The van der Waals surface area contributed by atoms with Crippen LogP contribution in [0.4, 0.5) is 0 Å².